The molecule has 1 aromatic carbocycles. The third-order valence-electron chi connectivity index (χ3n) is 2.42. The van der Waals surface area contributed by atoms with E-state index in [1.54, 1.807) is 0 Å². The number of carbonyl (C=O) groups is 2. The molecule has 5 nitrogen and oxygen atoms in total. The van der Waals surface area contributed by atoms with Crippen molar-refractivity contribution < 1.29 is 23.8 Å². The smallest absolute Gasteiger partial charge is 0.335 e. The van der Waals surface area contributed by atoms with E-state index < -0.39 is 17.7 Å². The Morgan fingerprint density at radius 2 is 2.16 bits per heavy atom. The summed E-state index contributed by atoms with van der Waals surface area (Å²) in [6.45, 7) is 3.38. The summed E-state index contributed by atoms with van der Waals surface area (Å²) < 4.78 is 18.6. The minimum Gasteiger partial charge on any atom is -0.478 e. The molecule has 0 fully saturated rings. The van der Waals surface area contributed by atoms with Gasteiger partial charge >= 0.3 is 5.97 Å². The van der Waals surface area contributed by atoms with Crippen molar-refractivity contribution in [3.63, 3.8) is 0 Å². The first-order valence-electron chi connectivity index (χ1n) is 5.95. The number of carboxylic acids is 1. The van der Waals surface area contributed by atoms with Crippen molar-refractivity contribution in [3.05, 3.63) is 35.1 Å². The first-order chi connectivity index (χ1) is 9.06. The van der Waals surface area contributed by atoms with Crippen LogP contribution in [0.25, 0.3) is 0 Å². The first kappa shape index (κ1) is 15.1. The number of carbonyl (C=O) groups excluding carboxylic acids is 1. The van der Waals surface area contributed by atoms with Crippen LogP contribution in [-0.2, 0) is 4.74 Å². The lowest BCUT2D eigenvalue weighted by Gasteiger charge is -2.06. The molecule has 1 aromatic rings. The van der Waals surface area contributed by atoms with Crippen LogP contribution >= 0.6 is 0 Å². The van der Waals surface area contributed by atoms with Crippen LogP contribution in [0.1, 0.15) is 34.1 Å². The van der Waals surface area contributed by atoms with Gasteiger partial charge in [0, 0.05) is 19.8 Å². The molecule has 0 aromatic heterocycles. The minimum absolute atomic E-state index is 0.165. The van der Waals surface area contributed by atoms with E-state index in [1.807, 2.05) is 6.92 Å². The van der Waals surface area contributed by atoms with Crippen LogP contribution in [0.4, 0.5) is 4.39 Å². The number of ether oxygens (including phenoxy) is 1. The topological polar surface area (TPSA) is 75.6 Å². The van der Waals surface area contributed by atoms with Crippen LogP contribution in [-0.4, -0.2) is 36.7 Å². The Hall–Kier alpha value is -1.95. The van der Waals surface area contributed by atoms with Gasteiger partial charge in [0.1, 0.15) is 5.82 Å². The number of carboxylic acid groups (broad SMARTS) is 1. The fraction of sp³-hybridized carbons (Fsp3) is 0.385. The van der Waals surface area contributed by atoms with Crippen LogP contribution < -0.4 is 5.32 Å². The third kappa shape index (κ3) is 4.67. The summed E-state index contributed by atoms with van der Waals surface area (Å²) >= 11 is 0. The summed E-state index contributed by atoms with van der Waals surface area (Å²) in [5.41, 5.74) is -0.355. The molecule has 2 N–H and O–H groups in total. The molecule has 0 aliphatic carbocycles. The predicted molar refractivity (Wildman–Crippen MR) is 66.8 cm³/mol. The maximum Gasteiger partial charge on any atom is 0.335 e. The Morgan fingerprint density at radius 1 is 1.42 bits per heavy atom. The van der Waals surface area contributed by atoms with Crippen LogP contribution in [0, 0.1) is 5.82 Å². The normalized spacial score (nSPS) is 10.2. The van der Waals surface area contributed by atoms with Gasteiger partial charge in [-0.05, 0) is 31.5 Å². The first-order valence-corrected chi connectivity index (χ1v) is 5.95. The largest absolute Gasteiger partial charge is 0.478 e. The Morgan fingerprint density at radius 3 is 2.74 bits per heavy atom. The second-order valence-electron chi connectivity index (χ2n) is 3.81. The minimum atomic E-state index is -1.23. The summed E-state index contributed by atoms with van der Waals surface area (Å²) in [4.78, 5) is 22.3. The highest BCUT2D eigenvalue weighted by Gasteiger charge is 2.13. The van der Waals surface area contributed by atoms with Gasteiger partial charge in [0.2, 0.25) is 0 Å². The van der Waals surface area contributed by atoms with Crippen molar-refractivity contribution in [2.45, 2.75) is 13.3 Å². The van der Waals surface area contributed by atoms with E-state index in [4.69, 9.17) is 9.84 Å². The van der Waals surface area contributed by atoms with Crippen molar-refractivity contribution in [2.24, 2.45) is 0 Å². The lowest BCUT2D eigenvalue weighted by atomic mass is 10.1. The van der Waals surface area contributed by atoms with E-state index >= 15 is 0 Å². The van der Waals surface area contributed by atoms with Crippen molar-refractivity contribution in [1.29, 1.82) is 0 Å². The van der Waals surface area contributed by atoms with Crippen molar-refractivity contribution in [2.75, 3.05) is 19.8 Å². The molecular weight excluding hydrogens is 253 g/mol. The third-order valence-corrected chi connectivity index (χ3v) is 2.42. The van der Waals surface area contributed by atoms with E-state index in [2.05, 4.69) is 5.32 Å². The molecule has 0 atom stereocenters. The van der Waals surface area contributed by atoms with Crippen molar-refractivity contribution in [3.8, 4) is 0 Å². The molecule has 6 heteroatoms. The zero-order valence-electron chi connectivity index (χ0n) is 10.6. The maximum atomic E-state index is 13.5. The lowest BCUT2D eigenvalue weighted by Crippen LogP contribution is -2.26. The Bertz CT molecular complexity index is 462. The van der Waals surface area contributed by atoms with Gasteiger partial charge in [-0.25, -0.2) is 9.18 Å². The molecule has 19 heavy (non-hydrogen) atoms. The Balaban J connectivity index is 2.55. The molecule has 0 spiro atoms. The average Bonchev–Trinajstić information content (AvgIpc) is 2.38. The number of aromatic carboxylic acids is 1. The molecule has 0 heterocycles. The highest BCUT2D eigenvalue weighted by Crippen LogP contribution is 2.10. The van der Waals surface area contributed by atoms with Crippen LogP contribution in [0.15, 0.2) is 18.2 Å². The van der Waals surface area contributed by atoms with Gasteiger partial charge in [-0.15, -0.1) is 0 Å². The molecule has 0 unspecified atom stereocenters. The van der Waals surface area contributed by atoms with E-state index in [1.165, 1.54) is 6.07 Å². The van der Waals surface area contributed by atoms with Gasteiger partial charge in [-0.1, -0.05) is 0 Å². The monoisotopic (exact) mass is 269 g/mol. The molecule has 104 valence electrons. The summed E-state index contributed by atoms with van der Waals surface area (Å²) in [6, 6.07) is 3.19. The summed E-state index contributed by atoms with van der Waals surface area (Å²) in [5, 5.41) is 11.2. The fourth-order valence-corrected chi connectivity index (χ4v) is 1.45. The number of rotatable bonds is 7. The number of amides is 1. The summed E-state index contributed by atoms with van der Waals surface area (Å²) in [5.74, 6) is -2.64. The SMILES string of the molecule is CCOCCCNC(=O)c1ccc(C(=O)O)cc1F. The Kier molecular flexibility index (Phi) is 5.95. The second kappa shape index (κ2) is 7.48. The molecule has 0 saturated carbocycles. The molecule has 0 bridgehead atoms. The van der Waals surface area contributed by atoms with Gasteiger partial charge in [0.15, 0.2) is 0 Å². The number of hydrogen-bond acceptors (Lipinski definition) is 3. The molecule has 0 radical (unpaired) electrons. The average molecular weight is 269 g/mol. The predicted octanol–water partition coefficient (Wildman–Crippen LogP) is 1.68. The second-order valence-corrected chi connectivity index (χ2v) is 3.81. The van der Waals surface area contributed by atoms with Crippen LogP contribution in [0.2, 0.25) is 0 Å². The van der Waals surface area contributed by atoms with Crippen LogP contribution in [0.5, 0.6) is 0 Å². The number of benzene rings is 1. The number of halogens is 1. The van der Waals surface area contributed by atoms with Crippen molar-refractivity contribution in [1.82, 2.24) is 5.32 Å². The molecule has 0 aliphatic rings. The zero-order valence-corrected chi connectivity index (χ0v) is 10.6. The summed E-state index contributed by atoms with van der Waals surface area (Å²) in [6.07, 6.45) is 0.633. The standard InChI is InChI=1S/C13H16FNO4/c1-2-19-7-3-6-15-12(16)10-5-4-9(13(17)18)8-11(10)14/h4-5,8H,2-3,6-7H2,1H3,(H,15,16)(H,17,18). The fourth-order valence-electron chi connectivity index (χ4n) is 1.45. The molecular formula is C13H16FNO4. The van der Waals surface area contributed by atoms with Gasteiger partial charge in [-0.3, -0.25) is 4.79 Å². The van der Waals surface area contributed by atoms with E-state index in [0.29, 0.717) is 26.2 Å². The highest BCUT2D eigenvalue weighted by molar-refractivity contribution is 5.96. The number of hydrogen-bond donors (Lipinski definition) is 2. The van der Waals surface area contributed by atoms with Crippen LogP contribution in [0.3, 0.4) is 0 Å². The molecule has 0 aliphatic heterocycles. The quantitative estimate of drug-likeness (QED) is 0.738. The van der Waals surface area contributed by atoms with Gasteiger partial charge in [-0.2, -0.15) is 0 Å². The van der Waals surface area contributed by atoms with E-state index in [-0.39, 0.29) is 11.1 Å². The van der Waals surface area contributed by atoms with Gasteiger partial charge in [0.05, 0.1) is 11.1 Å². The van der Waals surface area contributed by atoms with Crippen molar-refractivity contribution >= 4 is 11.9 Å². The highest BCUT2D eigenvalue weighted by atomic mass is 19.1. The molecule has 1 amide bonds. The number of nitrogens with one attached hydrogen (secondary N) is 1. The Labute approximate surface area is 110 Å². The molecule has 1 rings (SSSR count). The maximum absolute atomic E-state index is 13.5. The van der Waals surface area contributed by atoms with Gasteiger partial charge in [0.25, 0.3) is 5.91 Å². The lowest BCUT2D eigenvalue weighted by molar-refractivity contribution is 0.0695. The van der Waals surface area contributed by atoms with E-state index in [0.717, 1.165) is 12.1 Å². The zero-order chi connectivity index (χ0) is 14.3. The van der Waals surface area contributed by atoms with Gasteiger partial charge < -0.3 is 15.2 Å². The molecule has 0 saturated heterocycles. The van der Waals surface area contributed by atoms with E-state index in [9.17, 15) is 14.0 Å². The summed E-state index contributed by atoms with van der Waals surface area (Å²) in [7, 11) is 0.